The molecule has 2 aromatic carbocycles. The van der Waals surface area contributed by atoms with Crippen LogP contribution in [0.3, 0.4) is 0 Å². The van der Waals surface area contributed by atoms with E-state index in [4.69, 9.17) is 11.6 Å². The zero-order valence-electron chi connectivity index (χ0n) is 10.2. The average molecular weight is 254 g/mol. The van der Waals surface area contributed by atoms with E-state index in [-0.39, 0.29) is 0 Å². The van der Waals surface area contributed by atoms with E-state index in [0.717, 1.165) is 10.6 Å². The Morgan fingerprint density at radius 2 is 1.89 bits per heavy atom. The SMILES string of the molecule is CB1C=Cc2cc(-c3cccc(Cl)c3)ccc2N1. The van der Waals surface area contributed by atoms with Crippen molar-refractivity contribution < 1.29 is 0 Å². The second-order valence-corrected chi connectivity index (χ2v) is 5.04. The zero-order chi connectivity index (χ0) is 12.5. The average Bonchev–Trinajstić information content (AvgIpc) is 2.38. The molecule has 1 aliphatic rings. The van der Waals surface area contributed by atoms with Gasteiger partial charge in [0.25, 0.3) is 6.85 Å². The van der Waals surface area contributed by atoms with Crippen LogP contribution in [0.2, 0.25) is 11.8 Å². The largest absolute Gasteiger partial charge is 0.424 e. The molecular formula is C15H13BClN. The Balaban J connectivity index is 2.04. The fourth-order valence-electron chi connectivity index (χ4n) is 2.22. The Kier molecular flexibility index (Phi) is 2.88. The lowest BCUT2D eigenvalue weighted by Crippen LogP contribution is -2.20. The topological polar surface area (TPSA) is 12.0 Å². The molecule has 0 radical (unpaired) electrons. The van der Waals surface area contributed by atoms with Crippen LogP contribution in [0.15, 0.2) is 48.4 Å². The lowest BCUT2D eigenvalue weighted by molar-refractivity contribution is 1.56. The second-order valence-electron chi connectivity index (χ2n) is 4.60. The third-order valence-electron chi connectivity index (χ3n) is 3.16. The molecule has 2 aromatic rings. The fourth-order valence-corrected chi connectivity index (χ4v) is 2.41. The van der Waals surface area contributed by atoms with Crippen LogP contribution in [0.4, 0.5) is 5.69 Å². The lowest BCUT2D eigenvalue weighted by Gasteiger charge is -2.17. The molecule has 1 aliphatic heterocycles. The van der Waals surface area contributed by atoms with Crippen molar-refractivity contribution >= 4 is 30.2 Å². The van der Waals surface area contributed by atoms with Crippen molar-refractivity contribution in [1.82, 2.24) is 0 Å². The Morgan fingerprint density at radius 1 is 1.06 bits per heavy atom. The third kappa shape index (κ3) is 2.16. The molecule has 18 heavy (non-hydrogen) atoms. The molecule has 0 aliphatic carbocycles. The predicted octanol–water partition coefficient (Wildman–Crippen LogP) is 4.61. The van der Waals surface area contributed by atoms with Crippen molar-refractivity contribution in [3.05, 3.63) is 59.0 Å². The highest BCUT2D eigenvalue weighted by molar-refractivity contribution is 6.67. The van der Waals surface area contributed by atoms with Gasteiger partial charge in [-0.3, -0.25) is 0 Å². The Morgan fingerprint density at radius 3 is 2.72 bits per heavy atom. The van der Waals surface area contributed by atoms with Gasteiger partial charge in [0.1, 0.15) is 0 Å². The minimum Gasteiger partial charge on any atom is -0.424 e. The van der Waals surface area contributed by atoms with E-state index < -0.39 is 0 Å². The van der Waals surface area contributed by atoms with Crippen LogP contribution in [-0.4, -0.2) is 6.85 Å². The van der Waals surface area contributed by atoms with E-state index in [2.05, 4.69) is 48.4 Å². The van der Waals surface area contributed by atoms with Crippen molar-refractivity contribution in [2.24, 2.45) is 0 Å². The summed E-state index contributed by atoms with van der Waals surface area (Å²) in [7, 11) is 0. The number of fused-ring (bicyclic) bond motifs is 1. The highest BCUT2D eigenvalue weighted by atomic mass is 35.5. The molecule has 1 heterocycles. The number of nitrogens with one attached hydrogen (secondary N) is 1. The van der Waals surface area contributed by atoms with Crippen LogP contribution in [0, 0.1) is 0 Å². The smallest absolute Gasteiger partial charge is 0.275 e. The van der Waals surface area contributed by atoms with Crippen LogP contribution in [0.1, 0.15) is 5.56 Å². The summed E-state index contributed by atoms with van der Waals surface area (Å²) >= 11 is 6.03. The Hall–Kier alpha value is -1.67. The van der Waals surface area contributed by atoms with Gasteiger partial charge in [-0.15, -0.1) is 0 Å². The molecule has 88 valence electrons. The van der Waals surface area contributed by atoms with Crippen molar-refractivity contribution in [3.8, 4) is 11.1 Å². The number of halogens is 1. The molecule has 0 spiro atoms. The Labute approximate surface area is 113 Å². The number of hydrogen-bond acceptors (Lipinski definition) is 1. The summed E-state index contributed by atoms with van der Waals surface area (Å²) in [5.74, 6) is 2.17. The quantitative estimate of drug-likeness (QED) is 0.732. The molecule has 3 rings (SSSR count). The molecule has 0 saturated carbocycles. The molecule has 0 fully saturated rings. The highest BCUT2D eigenvalue weighted by Gasteiger charge is 2.12. The summed E-state index contributed by atoms with van der Waals surface area (Å²) in [6, 6.07) is 14.4. The van der Waals surface area contributed by atoms with Gasteiger partial charge in [-0.1, -0.05) is 48.7 Å². The maximum absolute atomic E-state index is 6.03. The van der Waals surface area contributed by atoms with Gasteiger partial charge in [0.05, 0.1) is 0 Å². The van der Waals surface area contributed by atoms with Gasteiger partial charge in [-0.25, -0.2) is 0 Å². The summed E-state index contributed by atoms with van der Waals surface area (Å²) in [5, 5.41) is 4.21. The van der Waals surface area contributed by atoms with E-state index in [1.54, 1.807) is 0 Å². The maximum Gasteiger partial charge on any atom is 0.275 e. The van der Waals surface area contributed by atoms with Gasteiger partial charge >= 0.3 is 0 Å². The molecule has 0 atom stereocenters. The summed E-state index contributed by atoms with van der Waals surface area (Å²) in [6.45, 7) is 2.54. The molecule has 0 unspecified atom stereocenters. The van der Waals surface area contributed by atoms with Gasteiger partial charge in [0, 0.05) is 10.7 Å². The first-order valence-corrected chi connectivity index (χ1v) is 6.45. The highest BCUT2D eigenvalue weighted by Crippen LogP contribution is 2.29. The Bertz CT molecular complexity index is 622. The number of rotatable bonds is 1. The van der Waals surface area contributed by atoms with Crippen molar-refractivity contribution in [2.45, 2.75) is 6.82 Å². The first kappa shape index (κ1) is 11.4. The van der Waals surface area contributed by atoms with Crippen LogP contribution >= 0.6 is 11.6 Å². The van der Waals surface area contributed by atoms with E-state index in [9.17, 15) is 0 Å². The van der Waals surface area contributed by atoms with E-state index >= 15 is 0 Å². The molecule has 0 saturated heterocycles. The standard InChI is InChI=1S/C15H13BClN/c1-16-8-7-13-9-12(5-6-15(13)18-16)11-3-2-4-14(17)10-11/h2-10,18H,1H3. The number of hydrogen-bond donors (Lipinski definition) is 1. The lowest BCUT2D eigenvalue weighted by atomic mass is 9.63. The predicted molar refractivity (Wildman–Crippen MR) is 81.2 cm³/mol. The van der Waals surface area contributed by atoms with Crippen molar-refractivity contribution in [2.75, 3.05) is 5.23 Å². The summed E-state index contributed by atoms with van der Waals surface area (Å²) in [6.07, 6.45) is 2.17. The molecular weight excluding hydrogens is 240 g/mol. The third-order valence-corrected chi connectivity index (χ3v) is 3.39. The molecule has 1 N–H and O–H groups in total. The van der Waals surface area contributed by atoms with E-state index in [0.29, 0.717) is 6.85 Å². The zero-order valence-corrected chi connectivity index (χ0v) is 10.9. The van der Waals surface area contributed by atoms with Gasteiger partial charge in [-0.2, -0.15) is 0 Å². The minimum atomic E-state index is 0.398. The molecule has 1 nitrogen and oxygen atoms in total. The van der Waals surface area contributed by atoms with Crippen LogP contribution in [0.25, 0.3) is 17.2 Å². The van der Waals surface area contributed by atoms with Crippen LogP contribution in [0.5, 0.6) is 0 Å². The molecule has 0 amide bonds. The number of benzene rings is 2. The van der Waals surface area contributed by atoms with E-state index in [1.807, 2.05) is 18.2 Å². The fraction of sp³-hybridized carbons (Fsp3) is 0.0667. The summed E-state index contributed by atoms with van der Waals surface area (Å²) in [4.78, 5) is 0. The summed E-state index contributed by atoms with van der Waals surface area (Å²) < 4.78 is 0. The van der Waals surface area contributed by atoms with Gasteiger partial charge in [0.15, 0.2) is 0 Å². The van der Waals surface area contributed by atoms with Gasteiger partial charge in [-0.05, 0) is 41.0 Å². The molecule has 0 bridgehead atoms. The maximum atomic E-state index is 6.03. The van der Waals surface area contributed by atoms with Crippen LogP contribution in [-0.2, 0) is 0 Å². The second kappa shape index (κ2) is 4.54. The number of anilines is 1. The summed E-state index contributed by atoms with van der Waals surface area (Å²) in [5.41, 5.74) is 4.76. The van der Waals surface area contributed by atoms with Crippen LogP contribution < -0.4 is 5.23 Å². The first-order valence-electron chi connectivity index (χ1n) is 6.07. The first-order chi connectivity index (χ1) is 8.72. The molecule has 3 heteroatoms. The van der Waals surface area contributed by atoms with Gasteiger partial charge < -0.3 is 5.23 Å². The minimum absolute atomic E-state index is 0.398. The monoisotopic (exact) mass is 253 g/mol. The molecule has 0 aromatic heterocycles. The van der Waals surface area contributed by atoms with Gasteiger partial charge in [0.2, 0.25) is 0 Å². The normalized spacial score (nSPS) is 13.1. The van der Waals surface area contributed by atoms with Crippen molar-refractivity contribution in [3.63, 3.8) is 0 Å². The van der Waals surface area contributed by atoms with E-state index in [1.165, 1.54) is 16.8 Å². The van der Waals surface area contributed by atoms with Crippen molar-refractivity contribution in [1.29, 1.82) is 0 Å².